The Labute approximate surface area is 130 Å². The fourth-order valence-electron chi connectivity index (χ4n) is 2.54. The van der Waals surface area contributed by atoms with Crippen molar-refractivity contribution < 1.29 is 9.53 Å². The number of rotatable bonds is 6. The lowest BCUT2D eigenvalue weighted by Gasteiger charge is -2.24. The predicted molar refractivity (Wildman–Crippen MR) is 87.5 cm³/mol. The second-order valence-electron chi connectivity index (χ2n) is 7.86. The number of carbonyl (C=O) groups excluding carboxylic acids is 1. The van der Waals surface area contributed by atoms with E-state index in [1.54, 1.807) is 0 Å². The molecule has 2 atom stereocenters. The molecule has 21 heavy (non-hydrogen) atoms. The van der Waals surface area contributed by atoms with Gasteiger partial charge >= 0.3 is 6.09 Å². The average Bonchev–Trinajstić information content (AvgIpc) is 2.80. The largest absolute Gasteiger partial charge is 0.444 e. The smallest absolute Gasteiger partial charge is 0.410 e. The fourth-order valence-corrected chi connectivity index (χ4v) is 2.54. The van der Waals surface area contributed by atoms with Crippen LogP contribution in [0, 0.1) is 11.8 Å². The number of likely N-dealkylation sites (tertiary alicyclic amines) is 1. The molecule has 0 saturated carbocycles. The van der Waals surface area contributed by atoms with Crippen molar-refractivity contribution in [2.24, 2.45) is 11.8 Å². The summed E-state index contributed by atoms with van der Waals surface area (Å²) in [6.45, 7) is 15.2. The van der Waals surface area contributed by atoms with Crippen LogP contribution in [-0.2, 0) is 4.74 Å². The fraction of sp³-hybridized carbons (Fsp3) is 0.941. The quantitative estimate of drug-likeness (QED) is 0.813. The van der Waals surface area contributed by atoms with Crippen LogP contribution in [0.3, 0.4) is 0 Å². The zero-order valence-electron chi connectivity index (χ0n) is 14.7. The minimum atomic E-state index is -0.404. The highest BCUT2D eigenvalue weighted by Crippen LogP contribution is 2.19. The van der Waals surface area contributed by atoms with Crippen LogP contribution in [0.4, 0.5) is 4.79 Å². The van der Waals surface area contributed by atoms with Gasteiger partial charge in [-0.1, -0.05) is 13.8 Å². The Morgan fingerprint density at radius 1 is 1.29 bits per heavy atom. The maximum absolute atomic E-state index is 12.0. The molecule has 0 bridgehead atoms. The van der Waals surface area contributed by atoms with Crippen molar-refractivity contribution in [3.05, 3.63) is 0 Å². The van der Waals surface area contributed by atoms with E-state index in [0.717, 1.165) is 32.0 Å². The Balaban J connectivity index is 2.24. The van der Waals surface area contributed by atoms with E-state index in [0.29, 0.717) is 12.0 Å². The van der Waals surface area contributed by atoms with E-state index in [1.807, 2.05) is 25.7 Å². The van der Waals surface area contributed by atoms with Gasteiger partial charge in [-0.05, 0) is 65.3 Å². The minimum Gasteiger partial charge on any atom is -0.444 e. The molecule has 124 valence electrons. The molecule has 1 amide bonds. The first-order valence-electron chi connectivity index (χ1n) is 8.38. The van der Waals surface area contributed by atoms with Gasteiger partial charge in [0.05, 0.1) is 0 Å². The van der Waals surface area contributed by atoms with Gasteiger partial charge in [0.25, 0.3) is 0 Å². The zero-order valence-corrected chi connectivity index (χ0v) is 14.7. The third kappa shape index (κ3) is 7.70. The molecule has 1 heterocycles. The van der Waals surface area contributed by atoms with E-state index in [9.17, 15) is 4.79 Å². The van der Waals surface area contributed by atoms with Crippen molar-refractivity contribution in [2.75, 3.05) is 19.6 Å². The lowest BCUT2D eigenvalue weighted by Crippen LogP contribution is -2.37. The van der Waals surface area contributed by atoms with Gasteiger partial charge in [0, 0.05) is 19.1 Å². The standard InChI is InChI=1S/C17H34N2O2/c1-13(2)7-8-14(3)18-11-15-9-10-19(12-15)16(20)21-17(4,5)6/h13-15,18H,7-12H2,1-6H3. The van der Waals surface area contributed by atoms with Gasteiger partial charge < -0.3 is 15.0 Å². The van der Waals surface area contributed by atoms with Crippen molar-refractivity contribution in [3.63, 3.8) is 0 Å². The van der Waals surface area contributed by atoms with E-state index in [1.165, 1.54) is 12.8 Å². The van der Waals surface area contributed by atoms with Crippen molar-refractivity contribution in [1.82, 2.24) is 10.2 Å². The molecule has 0 aromatic heterocycles. The molecule has 4 heteroatoms. The lowest BCUT2D eigenvalue weighted by atomic mass is 10.0. The maximum atomic E-state index is 12.0. The van der Waals surface area contributed by atoms with E-state index >= 15 is 0 Å². The van der Waals surface area contributed by atoms with Crippen LogP contribution < -0.4 is 5.32 Å². The average molecular weight is 298 g/mol. The Hall–Kier alpha value is -0.770. The second-order valence-corrected chi connectivity index (χ2v) is 7.86. The summed E-state index contributed by atoms with van der Waals surface area (Å²) in [4.78, 5) is 13.8. The summed E-state index contributed by atoms with van der Waals surface area (Å²) >= 11 is 0. The molecule has 0 aliphatic carbocycles. The van der Waals surface area contributed by atoms with Gasteiger partial charge in [-0.2, -0.15) is 0 Å². The Bertz CT molecular complexity index is 323. The molecule has 1 aliphatic rings. The molecular weight excluding hydrogens is 264 g/mol. The Kier molecular flexibility index (Phi) is 6.98. The van der Waals surface area contributed by atoms with Crippen LogP contribution in [0.25, 0.3) is 0 Å². The van der Waals surface area contributed by atoms with Crippen LogP contribution in [0.5, 0.6) is 0 Å². The van der Waals surface area contributed by atoms with Crippen LogP contribution in [0.1, 0.15) is 60.8 Å². The molecule has 1 rings (SSSR count). The molecule has 1 aliphatic heterocycles. The Morgan fingerprint density at radius 3 is 2.52 bits per heavy atom. The zero-order chi connectivity index (χ0) is 16.0. The molecule has 2 unspecified atom stereocenters. The third-order valence-corrected chi connectivity index (χ3v) is 3.87. The molecule has 1 fully saturated rings. The van der Waals surface area contributed by atoms with Crippen molar-refractivity contribution in [2.45, 2.75) is 72.4 Å². The number of nitrogens with zero attached hydrogens (tertiary/aromatic N) is 1. The van der Waals surface area contributed by atoms with Gasteiger partial charge in [0.1, 0.15) is 5.60 Å². The van der Waals surface area contributed by atoms with Crippen molar-refractivity contribution in [3.8, 4) is 0 Å². The molecule has 1 N–H and O–H groups in total. The SMILES string of the molecule is CC(C)CCC(C)NCC1CCN(C(=O)OC(C)(C)C)C1. The highest BCUT2D eigenvalue weighted by molar-refractivity contribution is 5.68. The van der Waals surface area contributed by atoms with Gasteiger partial charge in [0.2, 0.25) is 0 Å². The van der Waals surface area contributed by atoms with E-state index in [2.05, 4.69) is 26.1 Å². The summed E-state index contributed by atoms with van der Waals surface area (Å²) in [5.41, 5.74) is -0.404. The second kappa shape index (κ2) is 8.02. The molecule has 0 radical (unpaired) electrons. The van der Waals surface area contributed by atoms with Crippen molar-refractivity contribution >= 4 is 6.09 Å². The first-order valence-corrected chi connectivity index (χ1v) is 8.38. The summed E-state index contributed by atoms with van der Waals surface area (Å²) in [5.74, 6) is 1.32. The lowest BCUT2D eigenvalue weighted by molar-refractivity contribution is 0.0288. The predicted octanol–water partition coefficient (Wildman–Crippen LogP) is 3.66. The highest BCUT2D eigenvalue weighted by Gasteiger charge is 2.29. The van der Waals surface area contributed by atoms with Crippen LogP contribution >= 0.6 is 0 Å². The topological polar surface area (TPSA) is 41.6 Å². The number of nitrogens with one attached hydrogen (secondary N) is 1. The molecular formula is C17H34N2O2. The molecule has 0 aromatic carbocycles. The van der Waals surface area contributed by atoms with Crippen LogP contribution in [0.2, 0.25) is 0 Å². The number of amides is 1. The summed E-state index contributed by atoms with van der Waals surface area (Å²) in [5, 5.41) is 3.61. The van der Waals surface area contributed by atoms with E-state index < -0.39 is 5.60 Å². The molecule has 0 aromatic rings. The monoisotopic (exact) mass is 298 g/mol. The molecule has 0 spiro atoms. The van der Waals surface area contributed by atoms with Crippen molar-refractivity contribution in [1.29, 1.82) is 0 Å². The minimum absolute atomic E-state index is 0.169. The van der Waals surface area contributed by atoms with Crippen LogP contribution in [0.15, 0.2) is 0 Å². The third-order valence-electron chi connectivity index (χ3n) is 3.87. The first kappa shape index (κ1) is 18.3. The number of hydrogen-bond donors (Lipinski definition) is 1. The van der Waals surface area contributed by atoms with E-state index in [-0.39, 0.29) is 6.09 Å². The van der Waals surface area contributed by atoms with Gasteiger partial charge in [0.15, 0.2) is 0 Å². The summed E-state index contributed by atoms with van der Waals surface area (Å²) in [6, 6.07) is 0.558. The number of hydrogen-bond acceptors (Lipinski definition) is 3. The normalized spacial score (nSPS) is 20.9. The molecule has 4 nitrogen and oxygen atoms in total. The molecule has 1 saturated heterocycles. The number of carbonyl (C=O) groups is 1. The summed E-state index contributed by atoms with van der Waals surface area (Å²) in [7, 11) is 0. The Morgan fingerprint density at radius 2 is 1.95 bits per heavy atom. The first-order chi connectivity index (χ1) is 9.67. The number of ether oxygens (including phenoxy) is 1. The van der Waals surface area contributed by atoms with Gasteiger partial charge in [-0.3, -0.25) is 0 Å². The summed E-state index contributed by atoms with van der Waals surface area (Å²) < 4.78 is 5.43. The van der Waals surface area contributed by atoms with E-state index in [4.69, 9.17) is 4.74 Å². The van der Waals surface area contributed by atoms with Gasteiger partial charge in [-0.25, -0.2) is 4.79 Å². The van der Waals surface area contributed by atoms with Gasteiger partial charge in [-0.15, -0.1) is 0 Å². The summed E-state index contributed by atoms with van der Waals surface area (Å²) in [6.07, 6.45) is 3.39. The maximum Gasteiger partial charge on any atom is 0.410 e. The highest BCUT2D eigenvalue weighted by atomic mass is 16.6. The van der Waals surface area contributed by atoms with Crippen LogP contribution in [-0.4, -0.2) is 42.3 Å².